The van der Waals surface area contributed by atoms with Crippen LogP contribution in [0.15, 0.2) is 23.1 Å². The lowest BCUT2D eigenvalue weighted by atomic mass is 10.2. The third-order valence-electron chi connectivity index (χ3n) is 2.22. The molecule has 0 radical (unpaired) electrons. The number of hydrogen-bond donors (Lipinski definition) is 1. The van der Waals surface area contributed by atoms with Crippen LogP contribution in [0.3, 0.4) is 0 Å². The minimum absolute atomic E-state index is 0.115. The molecule has 1 aromatic carbocycles. The van der Waals surface area contributed by atoms with Crippen molar-refractivity contribution in [3.8, 4) is 5.75 Å². The summed E-state index contributed by atoms with van der Waals surface area (Å²) in [5.41, 5.74) is 0.174. The van der Waals surface area contributed by atoms with Crippen molar-refractivity contribution in [2.45, 2.75) is 11.8 Å². The van der Waals surface area contributed by atoms with Crippen LogP contribution in [0.4, 0.5) is 0 Å². The summed E-state index contributed by atoms with van der Waals surface area (Å²) < 4.78 is 27.8. The number of sulfonamides is 1. The van der Waals surface area contributed by atoms with Crippen molar-refractivity contribution < 1.29 is 17.9 Å². The smallest absolute Gasteiger partial charge is 0.257 e. The van der Waals surface area contributed by atoms with Crippen molar-refractivity contribution >= 4 is 15.9 Å². The summed E-state index contributed by atoms with van der Waals surface area (Å²) in [5.74, 6) is -0.00690. The van der Waals surface area contributed by atoms with E-state index in [1.807, 2.05) is 0 Å². The number of primary sulfonamides is 1. The molecule has 0 unspecified atom stereocenters. The normalized spacial score (nSPS) is 11.1. The summed E-state index contributed by atoms with van der Waals surface area (Å²) in [5, 5.41) is 5.03. The van der Waals surface area contributed by atoms with E-state index in [2.05, 4.69) is 0 Å². The fourth-order valence-electron chi connectivity index (χ4n) is 1.38. The Morgan fingerprint density at radius 1 is 1.39 bits per heavy atom. The Kier molecular flexibility index (Phi) is 4.31. The van der Waals surface area contributed by atoms with Gasteiger partial charge in [0.25, 0.3) is 5.91 Å². The van der Waals surface area contributed by atoms with E-state index in [4.69, 9.17) is 9.88 Å². The molecule has 0 aliphatic carbocycles. The molecule has 100 valence electrons. The molecule has 0 heterocycles. The maximum absolute atomic E-state index is 11.9. The summed E-state index contributed by atoms with van der Waals surface area (Å²) in [7, 11) is -0.700. The van der Waals surface area contributed by atoms with Gasteiger partial charge in [0.2, 0.25) is 10.0 Å². The van der Waals surface area contributed by atoms with E-state index >= 15 is 0 Å². The quantitative estimate of drug-likeness (QED) is 0.861. The molecule has 18 heavy (non-hydrogen) atoms. The van der Waals surface area contributed by atoms with Gasteiger partial charge in [0.15, 0.2) is 0 Å². The number of ether oxygens (including phenoxy) is 1. The zero-order valence-corrected chi connectivity index (χ0v) is 11.3. The van der Waals surface area contributed by atoms with Gasteiger partial charge in [-0.05, 0) is 25.1 Å². The fraction of sp³-hybridized carbons (Fsp3) is 0.364. The molecule has 0 aliphatic heterocycles. The lowest BCUT2D eigenvalue weighted by Crippen LogP contribution is -2.23. The van der Waals surface area contributed by atoms with E-state index in [0.717, 1.165) is 0 Å². The van der Waals surface area contributed by atoms with Crippen LogP contribution in [0.2, 0.25) is 0 Å². The van der Waals surface area contributed by atoms with Crippen LogP contribution in [0.5, 0.6) is 5.75 Å². The molecular weight excluding hydrogens is 256 g/mol. The Morgan fingerprint density at radius 3 is 2.44 bits per heavy atom. The molecule has 2 N–H and O–H groups in total. The second-order valence-electron chi connectivity index (χ2n) is 3.84. The van der Waals surface area contributed by atoms with Crippen LogP contribution >= 0.6 is 0 Å². The van der Waals surface area contributed by atoms with Gasteiger partial charge in [0.1, 0.15) is 5.75 Å². The highest BCUT2D eigenvalue weighted by atomic mass is 32.2. The highest BCUT2D eigenvalue weighted by Gasteiger charge is 2.18. The topological polar surface area (TPSA) is 89.7 Å². The Labute approximate surface area is 106 Å². The van der Waals surface area contributed by atoms with Crippen LogP contribution < -0.4 is 9.88 Å². The minimum Gasteiger partial charge on any atom is -0.493 e. The largest absolute Gasteiger partial charge is 0.493 e. The molecule has 0 atom stereocenters. The van der Waals surface area contributed by atoms with Gasteiger partial charge in [-0.1, -0.05) is 0 Å². The molecule has 0 saturated heterocycles. The van der Waals surface area contributed by atoms with Crippen molar-refractivity contribution in [3.05, 3.63) is 23.8 Å². The van der Waals surface area contributed by atoms with Crippen LogP contribution in [0, 0.1) is 0 Å². The first-order chi connectivity index (χ1) is 8.27. The monoisotopic (exact) mass is 272 g/mol. The van der Waals surface area contributed by atoms with Gasteiger partial charge in [0.05, 0.1) is 17.1 Å². The molecule has 7 heteroatoms. The summed E-state index contributed by atoms with van der Waals surface area (Å²) >= 11 is 0. The highest BCUT2D eigenvalue weighted by molar-refractivity contribution is 7.89. The third-order valence-corrected chi connectivity index (χ3v) is 3.13. The van der Waals surface area contributed by atoms with Crippen LogP contribution in [0.25, 0.3) is 0 Å². The van der Waals surface area contributed by atoms with Crippen LogP contribution in [-0.2, 0) is 10.0 Å². The number of nitrogens with two attached hydrogens (primary N) is 1. The molecule has 0 bridgehead atoms. The maximum Gasteiger partial charge on any atom is 0.257 e. The van der Waals surface area contributed by atoms with Crippen molar-refractivity contribution in [3.63, 3.8) is 0 Å². The Bertz CT molecular complexity index is 552. The van der Waals surface area contributed by atoms with E-state index in [1.165, 1.54) is 23.1 Å². The van der Waals surface area contributed by atoms with E-state index in [9.17, 15) is 13.2 Å². The molecule has 0 fully saturated rings. The van der Waals surface area contributed by atoms with Gasteiger partial charge in [0, 0.05) is 14.1 Å². The summed E-state index contributed by atoms with van der Waals surface area (Å²) in [6, 6.07) is 3.97. The average Bonchev–Trinajstić information content (AvgIpc) is 2.27. The number of carbonyl (C=O) groups is 1. The Morgan fingerprint density at radius 2 is 2.00 bits per heavy atom. The SMILES string of the molecule is CCOc1ccc(S(N)(=O)=O)cc1C(=O)N(C)C. The van der Waals surface area contributed by atoms with Gasteiger partial charge in [-0.25, -0.2) is 13.6 Å². The zero-order valence-electron chi connectivity index (χ0n) is 10.5. The van der Waals surface area contributed by atoms with Crippen molar-refractivity contribution in [2.24, 2.45) is 5.14 Å². The number of nitrogens with zero attached hydrogens (tertiary/aromatic N) is 1. The van der Waals surface area contributed by atoms with E-state index in [-0.39, 0.29) is 16.4 Å². The number of amides is 1. The predicted octanol–water partition coefficient (Wildman–Crippen LogP) is 0.434. The first-order valence-electron chi connectivity index (χ1n) is 5.28. The van der Waals surface area contributed by atoms with Gasteiger partial charge >= 0.3 is 0 Å². The first-order valence-corrected chi connectivity index (χ1v) is 6.83. The molecule has 0 saturated carbocycles. The lowest BCUT2D eigenvalue weighted by molar-refractivity contribution is 0.0823. The van der Waals surface area contributed by atoms with Crippen LogP contribution in [-0.4, -0.2) is 39.9 Å². The zero-order chi connectivity index (χ0) is 13.9. The van der Waals surface area contributed by atoms with Gasteiger partial charge in [-0.15, -0.1) is 0 Å². The third kappa shape index (κ3) is 3.21. The van der Waals surface area contributed by atoms with Gasteiger partial charge < -0.3 is 9.64 Å². The number of carbonyl (C=O) groups excluding carboxylic acids is 1. The number of hydrogen-bond acceptors (Lipinski definition) is 4. The minimum atomic E-state index is -3.84. The summed E-state index contributed by atoms with van der Waals surface area (Å²) in [4.78, 5) is 13.2. The molecule has 1 amide bonds. The summed E-state index contributed by atoms with van der Waals surface area (Å²) in [6.45, 7) is 2.15. The highest BCUT2D eigenvalue weighted by Crippen LogP contribution is 2.23. The maximum atomic E-state index is 11.9. The first kappa shape index (κ1) is 14.5. The van der Waals surface area contributed by atoms with Crippen molar-refractivity contribution in [1.82, 2.24) is 4.90 Å². The summed E-state index contributed by atoms with van der Waals surface area (Å²) in [6.07, 6.45) is 0. The van der Waals surface area contributed by atoms with E-state index < -0.39 is 10.0 Å². The Balaban J connectivity index is 3.37. The number of rotatable bonds is 4. The number of benzene rings is 1. The van der Waals surface area contributed by atoms with E-state index in [0.29, 0.717) is 12.4 Å². The predicted molar refractivity (Wildman–Crippen MR) is 67.0 cm³/mol. The molecule has 0 aliphatic rings. The van der Waals surface area contributed by atoms with Gasteiger partial charge in [-0.2, -0.15) is 0 Å². The van der Waals surface area contributed by atoms with Crippen molar-refractivity contribution in [2.75, 3.05) is 20.7 Å². The Hall–Kier alpha value is -1.60. The fourth-order valence-corrected chi connectivity index (χ4v) is 1.92. The van der Waals surface area contributed by atoms with E-state index in [1.54, 1.807) is 21.0 Å². The molecule has 6 nitrogen and oxygen atoms in total. The molecule has 0 aromatic heterocycles. The molecule has 1 aromatic rings. The van der Waals surface area contributed by atoms with Gasteiger partial charge in [-0.3, -0.25) is 4.79 Å². The molecular formula is C11H16N2O4S. The van der Waals surface area contributed by atoms with Crippen LogP contribution in [0.1, 0.15) is 17.3 Å². The molecule has 0 spiro atoms. The second-order valence-corrected chi connectivity index (χ2v) is 5.40. The average molecular weight is 272 g/mol. The second kappa shape index (κ2) is 5.36. The van der Waals surface area contributed by atoms with Crippen molar-refractivity contribution in [1.29, 1.82) is 0 Å². The molecule has 1 rings (SSSR count). The standard InChI is InChI=1S/C11H16N2O4S/c1-4-17-10-6-5-8(18(12,15)16)7-9(10)11(14)13(2)3/h5-7H,4H2,1-3H3,(H2,12,15,16). The lowest BCUT2D eigenvalue weighted by Gasteiger charge is -2.15.